The lowest BCUT2D eigenvalue weighted by molar-refractivity contribution is 0.112. The molecule has 0 saturated carbocycles. The molecule has 0 radical (unpaired) electrons. The van der Waals surface area contributed by atoms with Crippen molar-refractivity contribution >= 4 is 35.4 Å². The summed E-state index contributed by atoms with van der Waals surface area (Å²) in [4.78, 5) is 26.5. The summed E-state index contributed by atoms with van der Waals surface area (Å²) >= 11 is 0. The molecule has 2 N–H and O–H groups in total. The van der Waals surface area contributed by atoms with Gasteiger partial charge in [0.15, 0.2) is 0 Å². The zero-order valence-corrected chi connectivity index (χ0v) is 13.2. The molecule has 0 saturated heterocycles. The Morgan fingerprint density at radius 1 is 1.20 bits per heavy atom. The third-order valence-corrected chi connectivity index (χ3v) is 3.39. The smallest absolute Gasteiger partial charge is 0.413 e. The monoisotopic (exact) mass is 338 g/mol. The molecule has 1 aromatic heterocycles. The van der Waals surface area contributed by atoms with Crippen LogP contribution < -0.4 is 10.1 Å². The van der Waals surface area contributed by atoms with Crippen molar-refractivity contribution in [3.63, 3.8) is 0 Å². The topological polar surface area (TPSA) is 106 Å². The number of anilines is 1. The molecule has 8 nitrogen and oxygen atoms in total. The second kappa shape index (κ2) is 6.83. The molecule has 2 aromatic carbocycles. The Morgan fingerprint density at radius 3 is 2.60 bits per heavy atom. The van der Waals surface area contributed by atoms with Gasteiger partial charge in [0.05, 0.1) is 18.1 Å². The Hall–Kier alpha value is -3.68. The number of nitrogens with zero attached hydrogens (tertiary/aromatic N) is 2. The second-order valence-corrected chi connectivity index (χ2v) is 4.97. The Labute approximate surface area is 142 Å². The third-order valence-electron chi connectivity index (χ3n) is 3.39. The van der Waals surface area contributed by atoms with E-state index in [-0.39, 0.29) is 12.0 Å². The molecule has 0 atom stereocenters. The number of methoxy groups -OCH3 is 1. The summed E-state index contributed by atoms with van der Waals surface area (Å²) in [6.45, 7) is 0. The number of benzene rings is 2. The maximum Gasteiger partial charge on any atom is 0.413 e. The first kappa shape index (κ1) is 16.2. The molecule has 0 aliphatic heterocycles. The summed E-state index contributed by atoms with van der Waals surface area (Å²) in [6, 6.07) is 13.1. The molecule has 0 bridgehead atoms. The van der Waals surface area contributed by atoms with Gasteiger partial charge in [0, 0.05) is 5.56 Å². The summed E-state index contributed by atoms with van der Waals surface area (Å²) in [6.07, 6.45) is 0.0105. The number of ether oxygens (including phenoxy) is 2. The first-order chi connectivity index (χ1) is 12.1. The van der Waals surface area contributed by atoms with Crippen LogP contribution in [0, 0.1) is 5.41 Å². The molecule has 0 aliphatic rings. The lowest BCUT2D eigenvalue weighted by atomic mass is 10.2. The van der Waals surface area contributed by atoms with E-state index in [2.05, 4.69) is 15.0 Å². The van der Waals surface area contributed by atoms with E-state index < -0.39 is 6.09 Å². The summed E-state index contributed by atoms with van der Waals surface area (Å²) in [5.74, 6) is 0.472. The molecule has 3 aromatic rings. The molecular formula is C17H14N4O4. The minimum atomic E-state index is -0.709. The maximum atomic E-state index is 11.5. The summed E-state index contributed by atoms with van der Waals surface area (Å²) in [5.41, 5.74) is 1.67. The lowest BCUT2D eigenvalue weighted by Gasteiger charge is -2.11. The molecular weight excluding hydrogens is 324 g/mol. The van der Waals surface area contributed by atoms with Crippen LogP contribution in [0.5, 0.6) is 5.75 Å². The van der Waals surface area contributed by atoms with Crippen LogP contribution in [0.15, 0.2) is 48.5 Å². The zero-order chi connectivity index (χ0) is 17.8. The van der Waals surface area contributed by atoms with Gasteiger partial charge in [-0.25, -0.2) is 14.3 Å². The number of aldehydes is 1. The van der Waals surface area contributed by atoms with Gasteiger partial charge in [0.25, 0.3) is 0 Å². The standard InChI is InChI=1S/C17H14N4O4/c1-24-17(23)20-16-19-13-4-2-3-5-14(13)21(16)15(18)25-12-8-6-11(10-22)7-9-12/h2-10,18H,1H3,(H,19,20,23). The molecule has 0 fully saturated rings. The summed E-state index contributed by atoms with van der Waals surface area (Å²) < 4.78 is 11.4. The van der Waals surface area contributed by atoms with Gasteiger partial charge in [-0.2, -0.15) is 0 Å². The lowest BCUT2D eigenvalue weighted by Crippen LogP contribution is -2.23. The van der Waals surface area contributed by atoms with Gasteiger partial charge in [-0.1, -0.05) is 12.1 Å². The van der Waals surface area contributed by atoms with Crippen LogP contribution in [0.1, 0.15) is 10.4 Å². The number of carbonyl (C=O) groups excluding carboxylic acids is 2. The van der Waals surface area contributed by atoms with Crippen LogP contribution >= 0.6 is 0 Å². The zero-order valence-electron chi connectivity index (χ0n) is 13.2. The van der Waals surface area contributed by atoms with Crippen molar-refractivity contribution < 1.29 is 19.1 Å². The first-order valence-electron chi connectivity index (χ1n) is 7.27. The van der Waals surface area contributed by atoms with Gasteiger partial charge >= 0.3 is 12.1 Å². The average Bonchev–Trinajstić information content (AvgIpc) is 3.00. The van der Waals surface area contributed by atoms with Crippen molar-refractivity contribution in [3.8, 4) is 5.75 Å². The number of para-hydroxylation sites is 2. The van der Waals surface area contributed by atoms with Gasteiger partial charge in [-0.15, -0.1) is 0 Å². The SMILES string of the molecule is COC(=O)Nc1nc2ccccc2n1C(=N)Oc1ccc(C=O)cc1. The number of nitrogens with one attached hydrogen (secondary N) is 2. The summed E-state index contributed by atoms with van der Waals surface area (Å²) in [7, 11) is 1.23. The quantitative estimate of drug-likeness (QED) is 0.434. The van der Waals surface area contributed by atoms with Gasteiger partial charge in [-0.05, 0) is 36.4 Å². The van der Waals surface area contributed by atoms with E-state index in [4.69, 9.17) is 10.1 Å². The van der Waals surface area contributed by atoms with Crippen molar-refractivity contribution in [2.75, 3.05) is 12.4 Å². The fraction of sp³-hybridized carbons (Fsp3) is 0.0588. The van der Waals surface area contributed by atoms with Crippen molar-refractivity contribution in [3.05, 3.63) is 54.1 Å². The Morgan fingerprint density at radius 2 is 1.92 bits per heavy atom. The largest absolute Gasteiger partial charge is 0.453 e. The molecule has 126 valence electrons. The van der Waals surface area contributed by atoms with Crippen molar-refractivity contribution in [1.29, 1.82) is 5.41 Å². The molecule has 3 rings (SSSR count). The van der Waals surface area contributed by atoms with Crippen LogP contribution in [-0.4, -0.2) is 35.1 Å². The number of rotatable bonds is 3. The number of carbonyl (C=O) groups is 2. The van der Waals surface area contributed by atoms with Crippen molar-refractivity contribution in [2.24, 2.45) is 0 Å². The Bertz CT molecular complexity index is 947. The minimum absolute atomic E-state index is 0.0996. The minimum Gasteiger partial charge on any atom is -0.453 e. The van der Waals surface area contributed by atoms with Crippen molar-refractivity contribution in [1.82, 2.24) is 9.55 Å². The van der Waals surface area contributed by atoms with Gasteiger partial charge < -0.3 is 9.47 Å². The summed E-state index contributed by atoms with van der Waals surface area (Å²) in [5, 5.41) is 10.7. The van der Waals surface area contributed by atoms with Gasteiger partial charge in [0.1, 0.15) is 12.0 Å². The van der Waals surface area contributed by atoms with Crippen LogP contribution in [0.3, 0.4) is 0 Å². The van der Waals surface area contributed by atoms with Crippen molar-refractivity contribution in [2.45, 2.75) is 0 Å². The predicted molar refractivity (Wildman–Crippen MR) is 91.3 cm³/mol. The average molecular weight is 338 g/mol. The van der Waals surface area contributed by atoms with E-state index in [0.29, 0.717) is 22.3 Å². The molecule has 1 amide bonds. The molecule has 0 aliphatic carbocycles. The first-order valence-corrected chi connectivity index (χ1v) is 7.27. The van der Waals surface area contributed by atoms with Gasteiger partial charge in [0.2, 0.25) is 5.95 Å². The highest BCUT2D eigenvalue weighted by Crippen LogP contribution is 2.21. The van der Waals surface area contributed by atoms with E-state index in [9.17, 15) is 9.59 Å². The third kappa shape index (κ3) is 3.32. The second-order valence-electron chi connectivity index (χ2n) is 4.97. The maximum absolute atomic E-state index is 11.5. The number of hydrogen-bond donors (Lipinski definition) is 2. The molecule has 0 unspecified atom stereocenters. The van der Waals surface area contributed by atoms with Crippen LogP contribution in [0.2, 0.25) is 0 Å². The molecule has 25 heavy (non-hydrogen) atoms. The van der Waals surface area contributed by atoms with E-state index in [0.717, 1.165) is 6.29 Å². The predicted octanol–water partition coefficient (Wildman–Crippen LogP) is 2.89. The fourth-order valence-electron chi connectivity index (χ4n) is 2.23. The van der Waals surface area contributed by atoms with Crippen LogP contribution in [0.4, 0.5) is 10.7 Å². The van der Waals surface area contributed by atoms with E-state index in [1.54, 1.807) is 48.5 Å². The number of aromatic nitrogens is 2. The molecule has 1 heterocycles. The van der Waals surface area contributed by atoms with E-state index in [1.165, 1.54) is 11.7 Å². The number of imidazole rings is 1. The van der Waals surface area contributed by atoms with Gasteiger partial charge in [-0.3, -0.25) is 15.5 Å². The van der Waals surface area contributed by atoms with Crippen LogP contribution in [-0.2, 0) is 4.74 Å². The molecule has 8 heteroatoms. The normalized spacial score (nSPS) is 10.3. The number of fused-ring (bicyclic) bond motifs is 1. The van der Waals surface area contributed by atoms with Crippen LogP contribution in [0.25, 0.3) is 11.0 Å². The number of amides is 1. The highest BCUT2D eigenvalue weighted by Gasteiger charge is 2.18. The number of hydrogen-bond acceptors (Lipinski definition) is 6. The van der Waals surface area contributed by atoms with E-state index in [1.807, 2.05) is 0 Å². The highest BCUT2D eigenvalue weighted by molar-refractivity contribution is 5.95. The highest BCUT2D eigenvalue weighted by atomic mass is 16.5. The molecule has 0 spiro atoms. The Balaban J connectivity index is 1.96. The fourth-order valence-corrected chi connectivity index (χ4v) is 2.23. The Kier molecular flexibility index (Phi) is 4.42. The van der Waals surface area contributed by atoms with E-state index >= 15 is 0 Å².